The zero-order valence-electron chi connectivity index (χ0n) is 36.4. The molecule has 4 aromatic heterocycles. The summed E-state index contributed by atoms with van der Waals surface area (Å²) >= 11 is 3.66. The third-order valence-corrected chi connectivity index (χ3v) is 13.7. The van der Waals surface area contributed by atoms with Crippen molar-refractivity contribution >= 4 is 76.0 Å². The van der Waals surface area contributed by atoms with Crippen LogP contribution < -0.4 is 30.4 Å². The third kappa shape index (κ3) is 11.9. The minimum atomic E-state index is -0.0863. The first kappa shape index (κ1) is 44.0. The van der Waals surface area contributed by atoms with Gasteiger partial charge in [-0.15, -0.1) is 22.7 Å². The second-order valence-electron chi connectivity index (χ2n) is 16.3. The molecule has 2 fully saturated rings. The maximum absolute atomic E-state index is 11.5. The Morgan fingerprint density at radius 1 is 0.540 bits per heavy atom. The van der Waals surface area contributed by atoms with Gasteiger partial charge in [0.05, 0.1) is 24.2 Å². The largest absolute Gasteiger partial charge is 0.494 e. The predicted octanol–water partition coefficient (Wildman–Crippen LogP) is 11.7. The fourth-order valence-corrected chi connectivity index (χ4v) is 10.1. The van der Waals surface area contributed by atoms with E-state index in [0.29, 0.717) is 6.61 Å². The van der Waals surface area contributed by atoms with E-state index in [1.165, 1.54) is 82.8 Å². The molecule has 11 heteroatoms. The molecule has 0 aliphatic carbocycles. The number of H-pyrrole nitrogens is 2. The second kappa shape index (κ2) is 22.1. The molecule has 0 saturated carbocycles. The number of hydrogen-bond acceptors (Lipinski definition) is 9. The number of piperazine rings is 1. The van der Waals surface area contributed by atoms with Crippen molar-refractivity contribution in [3.8, 4) is 11.5 Å². The molecule has 8 aromatic rings. The van der Waals surface area contributed by atoms with Crippen LogP contribution in [0.1, 0.15) is 58.3 Å². The van der Waals surface area contributed by atoms with Crippen molar-refractivity contribution in [1.29, 1.82) is 0 Å². The number of fused-ring (bicyclic) bond motifs is 4. The highest BCUT2D eigenvalue weighted by atomic mass is 32.1. The van der Waals surface area contributed by atoms with E-state index < -0.39 is 0 Å². The minimum absolute atomic E-state index is 0.0827. The Morgan fingerprint density at radius 3 is 1.59 bits per heavy atom. The molecular formula is C52H59N5O4S2. The Morgan fingerprint density at radius 2 is 1.05 bits per heavy atom. The van der Waals surface area contributed by atoms with E-state index in [-0.39, 0.29) is 11.1 Å². The topological polar surface area (TPSA) is 93.9 Å². The first-order valence-corrected chi connectivity index (χ1v) is 24.4. The normalized spacial score (nSPS) is 14.4. The summed E-state index contributed by atoms with van der Waals surface area (Å²) in [6.45, 7) is 11.6. The molecule has 2 aliphatic rings. The standard InChI is InChI=1S/C25H27N3O2S.C14H17NO2.C13H15NS/c29-25-9-7-19-6-8-20(18-22(19)26-25)30-16-2-1-11-27-12-14-28(15-13-27)23-4-3-5-24-21(23)10-17-31-24;1-2-3-4-9-17-12-7-5-11-6-8-14(16)15-13(11)10-12;1-2-8-14(9-3-1)12-5-4-6-13-11(12)7-10-15-13/h3-10,17-18H,1-2,11-16H2,(H,26,29);5-8,10H,2-4,9H2,1H3,(H,15,16);4-7,10H,1-3,8-9H2. The monoisotopic (exact) mass is 881 g/mol. The molecule has 63 heavy (non-hydrogen) atoms. The molecule has 0 bridgehead atoms. The van der Waals surface area contributed by atoms with Crippen LogP contribution in [0.15, 0.2) is 130 Å². The summed E-state index contributed by atoms with van der Waals surface area (Å²) in [5.74, 6) is 1.63. The van der Waals surface area contributed by atoms with Gasteiger partial charge in [-0.2, -0.15) is 0 Å². The number of thiophene rings is 2. The van der Waals surface area contributed by atoms with Crippen LogP contribution in [-0.4, -0.2) is 73.9 Å². The third-order valence-electron chi connectivity index (χ3n) is 11.9. The molecule has 0 spiro atoms. The first-order chi connectivity index (χ1) is 31.0. The Hall–Kier alpha value is -5.62. The van der Waals surface area contributed by atoms with Crippen molar-refractivity contribution in [2.75, 3.05) is 68.8 Å². The van der Waals surface area contributed by atoms with Crippen LogP contribution in [0.3, 0.4) is 0 Å². The van der Waals surface area contributed by atoms with Crippen LogP contribution in [0.4, 0.5) is 11.4 Å². The Bertz CT molecular complexity index is 2800. The number of anilines is 2. The predicted molar refractivity (Wildman–Crippen MR) is 267 cm³/mol. The molecule has 0 unspecified atom stereocenters. The average molecular weight is 882 g/mol. The van der Waals surface area contributed by atoms with Gasteiger partial charge in [-0.05, 0) is 139 Å². The molecule has 9 nitrogen and oxygen atoms in total. The molecule has 2 aliphatic heterocycles. The molecule has 4 aromatic carbocycles. The summed E-state index contributed by atoms with van der Waals surface area (Å²) < 4.78 is 14.3. The number of hydrogen-bond donors (Lipinski definition) is 2. The fraction of sp³-hybridized carbons (Fsp3) is 0.346. The van der Waals surface area contributed by atoms with Crippen molar-refractivity contribution in [3.63, 3.8) is 0 Å². The molecule has 328 valence electrons. The number of aromatic amines is 2. The number of rotatable bonds is 13. The maximum Gasteiger partial charge on any atom is 0.248 e. The van der Waals surface area contributed by atoms with E-state index >= 15 is 0 Å². The van der Waals surface area contributed by atoms with Crippen LogP contribution in [0.5, 0.6) is 11.5 Å². The minimum Gasteiger partial charge on any atom is -0.494 e. The van der Waals surface area contributed by atoms with E-state index in [4.69, 9.17) is 9.47 Å². The van der Waals surface area contributed by atoms with Gasteiger partial charge in [0.15, 0.2) is 0 Å². The van der Waals surface area contributed by atoms with Crippen molar-refractivity contribution < 1.29 is 9.47 Å². The number of aromatic nitrogens is 2. The second-order valence-corrected chi connectivity index (χ2v) is 18.2. The highest BCUT2D eigenvalue weighted by molar-refractivity contribution is 7.17. The molecule has 10 rings (SSSR count). The number of nitrogens with zero attached hydrogens (tertiary/aromatic N) is 3. The van der Waals surface area contributed by atoms with Gasteiger partial charge < -0.3 is 29.2 Å². The number of ether oxygens (including phenoxy) is 2. The molecule has 0 radical (unpaired) electrons. The Kier molecular flexibility index (Phi) is 15.5. The van der Waals surface area contributed by atoms with Gasteiger partial charge in [0.1, 0.15) is 11.5 Å². The molecule has 0 amide bonds. The van der Waals surface area contributed by atoms with Gasteiger partial charge in [0, 0.05) is 95.1 Å². The molecule has 6 heterocycles. The van der Waals surface area contributed by atoms with Gasteiger partial charge in [0.2, 0.25) is 11.1 Å². The lowest BCUT2D eigenvalue weighted by Gasteiger charge is -2.36. The molecule has 2 saturated heterocycles. The van der Waals surface area contributed by atoms with Gasteiger partial charge in [-0.25, -0.2) is 0 Å². The SMILES string of the molecule is CCCCCOc1ccc2ccc(=O)[nH]c2c1.O=c1ccc2ccc(OCCCCN3CCN(c4cccc5sccc45)CC3)cc2[nH]1.c1cc(N2CCCCC2)c2ccsc2c1. The quantitative estimate of drug-likeness (QED) is 0.111. The van der Waals surface area contributed by atoms with E-state index in [1.54, 1.807) is 6.07 Å². The molecule has 0 atom stereocenters. The van der Waals surface area contributed by atoms with E-state index in [0.717, 1.165) is 91.9 Å². The lowest BCUT2D eigenvalue weighted by atomic mass is 10.1. The summed E-state index contributed by atoms with van der Waals surface area (Å²) in [7, 11) is 0. The van der Waals surface area contributed by atoms with Crippen LogP contribution in [0.25, 0.3) is 42.0 Å². The fourth-order valence-electron chi connectivity index (χ4n) is 8.46. The van der Waals surface area contributed by atoms with Crippen LogP contribution in [0, 0.1) is 0 Å². The highest BCUT2D eigenvalue weighted by Gasteiger charge is 2.19. The summed E-state index contributed by atoms with van der Waals surface area (Å²) in [5, 5.41) is 9.23. The van der Waals surface area contributed by atoms with Crippen molar-refractivity contribution in [3.05, 3.63) is 141 Å². The van der Waals surface area contributed by atoms with Gasteiger partial charge >= 0.3 is 0 Å². The molecule has 2 N–H and O–H groups in total. The van der Waals surface area contributed by atoms with Gasteiger partial charge in [-0.3, -0.25) is 14.5 Å². The van der Waals surface area contributed by atoms with Crippen LogP contribution in [0.2, 0.25) is 0 Å². The summed E-state index contributed by atoms with van der Waals surface area (Å²) in [6, 6.07) is 36.2. The zero-order valence-corrected chi connectivity index (χ0v) is 38.0. The van der Waals surface area contributed by atoms with Crippen LogP contribution in [-0.2, 0) is 0 Å². The summed E-state index contributed by atoms with van der Waals surface area (Å²) in [5.41, 5.74) is 4.29. The van der Waals surface area contributed by atoms with Gasteiger partial charge in [-0.1, -0.05) is 31.9 Å². The van der Waals surface area contributed by atoms with Gasteiger partial charge in [0.25, 0.3) is 0 Å². The highest BCUT2D eigenvalue weighted by Crippen LogP contribution is 2.33. The number of nitrogens with one attached hydrogen (secondary N) is 2. The Balaban J connectivity index is 0.000000143. The van der Waals surface area contributed by atoms with Crippen LogP contribution >= 0.6 is 22.7 Å². The maximum atomic E-state index is 11.5. The summed E-state index contributed by atoms with van der Waals surface area (Å²) in [4.78, 5) is 36.0. The smallest absolute Gasteiger partial charge is 0.248 e. The lowest BCUT2D eigenvalue weighted by molar-refractivity contribution is 0.239. The summed E-state index contributed by atoms with van der Waals surface area (Å²) in [6.07, 6.45) is 9.69. The van der Waals surface area contributed by atoms with E-state index in [1.807, 2.05) is 71.2 Å². The first-order valence-electron chi connectivity index (χ1n) is 22.7. The average Bonchev–Trinajstić information content (AvgIpc) is 4.02. The van der Waals surface area contributed by atoms with E-state index in [9.17, 15) is 9.59 Å². The van der Waals surface area contributed by atoms with Crippen molar-refractivity contribution in [2.45, 2.75) is 58.3 Å². The van der Waals surface area contributed by atoms with E-state index in [2.05, 4.69) is 90.9 Å². The number of unbranched alkanes of at least 4 members (excludes halogenated alkanes) is 3. The Labute approximate surface area is 377 Å². The molecular weight excluding hydrogens is 823 g/mol. The number of pyridine rings is 2. The number of benzene rings is 4. The van der Waals surface area contributed by atoms with Crippen molar-refractivity contribution in [2.24, 2.45) is 0 Å². The number of piperidine rings is 1. The lowest BCUT2D eigenvalue weighted by Crippen LogP contribution is -2.46. The zero-order chi connectivity index (χ0) is 43.2. The van der Waals surface area contributed by atoms with Crippen molar-refractivity contribution in [1.82, 2.24) is 14.9 Å².